The van der Waals surface area contributed by atoms with Crippen LogP contribution in [0.25, 0.3) is 0 Å². The first kappa shape index (κ1) is 10.3. The molecule has 1 aliphatic carbocycles. The number of hydrogen-bond donors (Lipinski definition) is 1. The number of ether oxygens (including phenoxy) is 2. The highest BCUT2D eigenvalue weighted by atomic mass is 16.5. The molecule has 3 heteroatoms. The third-order valence-corrected chi connectivity index (χ3v) is 2.99. The van der Waals surface area contributed by atoms with Gasteiger partial charge >= 0.3 is 0 Å². The minimum absolute atomic E-state index is 0.288. The van der Waals surface area contributed by atoms with Crippen molar-refractivity contribution in [3.05, 3.63) is 23.3 Å². The molecule has 15 heavy (non-hydrogen) atoms. The lowest BCUT2D eigenvalue weighted by Crippen LogP contribution is -2.28. The van der Waals surface area contributed by atoms with Gasteiger partial charge in [-0.25, -0.2) is 0 Å². The molecular formula is C12H17NO2. The van der Waals surface area contributed by atoms with Gasteiger partial charge in [0.2, 0.25) is 0 Å². The van der Waals surface area contributed by atoms with E-state index in [0.29, 0.717) is 0 Å². The third-order valence-electron chi connectivity index (χ3n) is 2.99. The quantitative estimate of drug-likeness (QED) is 0.799. The Hall–Kier alpha value is -1.22. The topological polar surface area (TPSA) is 44.5 Å². The molecule has 0 saturated heterocycles. The summed E-state index contributed by atoms with van der Waals surface area (Å²) in [6.07, 6.45) is 2.95. The van der Waals surface area contributed by atoms with Crippen molar-refractivity contribution in [3.63, 3.8) is 0 Å². The lowest BCUT2D eigenvalue weighted by atomic mass is 9.88. The van der Waals surface area contributed by atoms with Crippen LogP contribution < -0.4 is 15.2 Å². The molecule has 0 aromatic heterocycles. The SMILES string of the molecule is COc1ccc2c(c1OC)CC[C@H](N)C2. The predicted molar refractivity (Wildman–Crippen MR) is 59.5 cm³/mol. The second-order valence-electron chi connectivity index (χ2n) is 3.94. The van der Waals surface area contributed by atoms with Gasteiger partial charge in [0, 0.05) is 11.6 Å². The number of benzene rings is 1. The molecule has 1 aromatic rings. The number of fused-ring (bicyclic) bond motifs is 1. The summed E-state index contributed by atoms with van der Waals surface area (Å²) in [7, 11) is 3.35. The van der Waals surface area contributed by atoms with Crippen LogP contribution in [-0.4, -0.2) is 20.3 Å². The molecular weight excluding hydrogens is 190 g/mol. The maximum atomic E-state index is 5.94. The molecule has 0 amide bonds. The van der Waals surface area contributed by atoms with Gasteiger partial charge in [-0.15, -0.1) is 0 Å². The Kier molecular flexibility index (Phi) is 2.82. The van der Waals surface area contributed by atoms with Crippen LogP contribution in [0.1, 0.15) is 17.5 Å². The molecule has 2 rings (SSSR count). The van der Waals surface area contributed by atoms with Crippen LogP contribution in [-0.2, 0) is 12.8 Å². The summed E-state index contributed by atoms with van der Waals surface area (Å²) in [6.45, 7) is 0. The highest BCUT2D eigenvalue weighted by Crippen LogP contribution is 2.36. The molecule has 3 nitrogen and oxygen atoms in total. The Morgan fingerprint density at radius 2 is 2.07 bits per heavy atom. The van der Waals surface area contributed by atoms with Crippen LogP contribution in [0.4, 0.5) is 0 Å². The third kappa shape index (κ3) is 1.79. The van der Waals surface area contributed by atoms with Gasteiger partial charge in [0.25, 0.3) is 0 Å². The molecule has 0 aliphatic heterocycles. The van der Waals surface area contributed by atoms with Crippen molar-refractivity contribution in [1.29, 1.82) is 0 Å². The van der Waals surface area contributed by atoms with Gasteiger partial charge in [-0.05, 0) is 30.9 Å². The second kappa shape index (κ2) is 4.11. The highest BCUT2D eigenvalue weighted by Gasteiger charge is 2.21. The smallest absolute Gasteiger partial charge is 0.164 e. The van der Waals surface area contributed by atoms with Crippen molar-refractivity contribution in [2.45, 2.75) is 25.3 Å². The van der Waals surface area contributed by atoms with E-state index in [2.05, 4.69) is 6.07 Å². The zero-order valence-corrected chi connectivity index (χ0v) is 9.25. The minimum Gasteiger partial charge on any atom is -0.493 e. The average Bonchev–Trinajstić information content (AvgIpc) is 2.27. The van der Waals surface area contributed by atoms with E-state index in [1.807, 2.05) is 6.07 Å². The van der Waals surface area contributed by atoms with E-state index < -0.39 is 0 Å². The molecule has 82 valence electrons. The molecule has 0 radical (unpaired) electrons. The van der Waals surface area contributed by atoms with Crippen LogP contribution in [0.5, 0.6) is 11.5 Å². The summed E-state index contributed by atoms with van der Waals surface area (Å²) in [5.74, 6) is 1.69. The molecule has 0 fully saturated rings. The lowest BCUT2D eigenvalue weighted by Gasteiger charge is -2.24. The first-order chi connectivity index (χ1) is 7.26. The van der Waals surface area contributed by atoms with Crippen molar-refractivity contribution >= 4 is 0 Å². The van der Waals surface area contributed by atoms with E-state index in [1.165, 1.54) is 11.1 Å². The molecule has 0 spiro atoms. The monoisotopic (exact) mass is 207 g/mol. The number of hydrogen-bond acceptors (Lipinski definition) is 3. The molecule has 1 aromatic carbocycles. The van der Waals surface area contributed by atoms with Crippen molar-refractivity contribution in [3.8, 4) is 11.5 Å². The van der Waals surface area contributed by atoms with Crippen LogP contribution >= 0.6 is 0 Å². The summed E-state index contributed by atoms with van der Waals surface area (Å²) >= 11 is 0. The predicted octanol–water partition coefficient (Wildman–Crippen LogP) is 1.52. The Bertz CT molecular complexity index is 363. The Morgan fingerprint density at radius 1 is 1.27 bits per heavy atom. The maximum Gasteiger partial charge on any atom is 0.164 e. The van der Waals surface area contributed by atoms with Crippen LogP contribution in [0.3, 0.4) is 0 Å². The fraction of sp³-hybridized carbons (Fsp3) is 0.500. The van der Waals surface area contributed by atoms with Crippen molar-refractivity contribution < 1.29 is 9.47 Å². The summed E-state index contributed by atoms with van der Waals surface area (Å²) in [6, 6.07) is 4.33. The van der Waals surface area contributed by atoms with Gasteiger partial charge in [0.15, 0.2) is 11.5 Å². The summed E-state index contributed by atoms with van der Waals surface area (Å²) in [4.78, 5) is 0. The maximum absolute atomic E-state index is 5.94. The number of rotatable bonds is 2. The van der Waals surface area contributed by atoms with Gasteiger partial charge in [-0.1, -0.05) is 6.07 Å². The van der Waals surface area contributed by atoms with E-state index in [1.54, 1.807) is 14.2 Å². The minimum atomic E-state index is 0.288. The first-order valence-electron chi connectivity index (χ1n) is 5.24. The second-order valence-corrected chi connectivity index (χ2v) is 3.94. The van der Waals surface area contributed by atoms with Gasteiger partial charge in [-0.3, -0.25) is 0 Å². The van der Waals surface area contributed by atoms with Gasteiger partial charge in [-0.2, -0.15) is 0 Å². The van der Waals surface area contributed by atoms with Gasteiger partial charge in [0.05, 0.1) is 14.2 Å². The average molecular weight is 207 g/mol. The van der Waals surface area contributed by atoms with Gasteiger partial charge < -0.3 is 15.2 Å². The number of nitrogens with two attached hydrogens (primary N) is 1. The molecule has 0 bridgehead atoms. The standard InChI is InChI=1S/C12H17NO2/c1-14-11-6-3-8-7-9(13)4-5-10(8)12(11)15-2/h3,6,9H,4-5,7,13H2,1-2H3/t9-/m0/s1. The van der Waals surface area contributed by atoms with Crippen molar-refractivity contribution in [2.75, 3.05) is 14.2 Å². The van der Waals surface area contributed by atoms with Crippen LogP contribution in [0, 0.1) is 0 Å². The molecule has 0 unspecified atom stereocenters. The normalized spacial score (nSPS) is 19.5. The van der Waals surface area contributed by atoms with E-state index in [-0.39, 0.29) is 6.04 Å². The van der Waals surface area contributed by atoms with Crippen molar-refractivity contribution in [1.82, 2.24) is 0 Å². The zero-order chi connectivity index (χ0) is 10.8. The number of methoxy groups -OCH3 is 2. The molecule has 1 atom stereocenters. The molecule has 2 N–H and O–H groups in total. The summed E-state index contributed by atoms with van der Waals surface area (Å²) < 4.78 is 10.7. The summed E-state index contributed by atoms with van der Waals surface area (Å²) in [5, 5.41) is 0. The molecule has 0 saturated carbocycles. The van der Waals surface area contributed by atoms with Crippen molar-refractivity contribution in [2.24, 2.45) is 5.73 Å². The van der Waals surface area contributed by atoms with E-state index in [0.717, 1.165) is 30.8 Å². The van der Waals surface area contributed by atoms with E-state index >= 15 is 0 Å². The van der Waals surface area contributed by atoms with Crippen LogP contribution in [0.2, 0.25) is 0 Å². The highest BCUT2D eigenvalue weighted by molar-refractivity contribution is 5.52. The van der Waals surface area contributed by atoms with E-state index in [4.69, 9.17) is 15.2 Å². The lowest BCUT2D eigenvalue weighted by molar-refractivity contribution is 0.348. The van der Waals surface area contributed by atoms with Gasteiger partial charge in [0.1, 0.15) is 0 Å². The van der Waals surface area contributed by atoms with Crippen LogP contribution in [0.15, 0.2) is 12.1 Å². The fourth-order valence-corrected chi connectivity index (χ4v) is 2.21. The Balaban J connectivity index is 2.46. The summed E-state index contributed by atoms with van der Waals surface area (Å²) in [5.41, 5.74) is 8.50. The Labute approximate surface area is 90.2 Å². The fourth-order valence-electron chi connectivity index (χ4n) is 2.21. The largest absolute Gasteiger partial charge is 0.493 e. The molecule has 0 heterocycles. The molecule has 1 aliphatic rings. The Morgan fingerprint density at radius 3 is 2.73 bits per heavy atom. The first-order valence-corrected chi connectivity index (χ1v) is 5.24. The van der Waals surface area contributed by atoms with E-state index in [9.17, 15) is 0 Å². The zero-order valence-electron chi connectivity index (χ0n) is 9.25.